The van der Waals surface area contributed by atoms with Gasteiger partial charge in [0.2, 0.25) is 15.9 Å². The van der Waals surface area contributed by atoms with E-state index in [1.807, 2.05) is 30.3 Å². The zero-order valence-electron chi connectivity index (χ0n) is 23.0. The van der Waals surface area contributed by atoms with Crippen LogP contribution in [0.25, 0.3) is 0 Å². The summed E-state index contributed by atoms with van der Waals surface area (Å²) in [7, 11) is -3.98. The number of aliphatic hydroxyl groups excluding tert-OH is 1. The van der Waals surface area contributed by atoms with Gasteiger partial charge in [-0.15, -0.1) is 0 Å². The smallest absolute Gasteiger partial charge is 0.407 e. The molecule has 2 aromatic rings. The van der Waals surface area contributed by atoms with Crippen molar-refractivity contribution in [2.75, 3.05) is 31.1 Å². The Balaban J connectivity index is 1.59. The van der Waals surface area contributed by atoms with Gasteiger partial charge >= 0.3 is 6.09 Å². The van der Waals surface area contributed by atoms with Gasteiger partial charge in [-0.2, -0.15) is 4.31 Å². The first-order valence-electron chi connectivity index (χ1n) is 13.9. The van der Waals surface area contributed by atoms with Crippen LogP contribution in [-0.2, 0) is 32.4 Å². The number of benzene rings is 2. The molecule has 10 heteroatoms. The van der Waals surface area contributed by atoms with E-state index in [0.29, 0.717) is 19.4 Å². The molecule has 2 amide bonds. The Hall–Kier alpha value is -3.21. The Morgan fingerprint density at radius 3 is 2.60 bits per heavy atom. The summed E-state index contributed by atoms with van der Waals surface area (Å²) in [6.45, 7) is 5.68. The van der Waals surface area contributed by atoms with Crippen molar-refractivity contribution in [2.45, 2.75) is 62.5 Å². The largest absolute Gasteiger partial charge is 0.445 e. The minimum Gasteiger partial charge on any atom is -0.445 e. The van der Waals surface area contributed by atoms with Gasteiger partial charge in [-0.1, -0.05) is 55.8 Å². The number of hydrogen-bond acceptors (Lipinski definition) is 6. The highest BCUT2D eigenvalue weighted by molar-refractivity contribution is 7.89. The number of nitrogens with zero attached hydrogens (tertiary/aromatic N) is 2. The zero-order valence-corrected chi connectivity index (χ0v) is 23.8. The van der Waals surface area contributed by atoms with E-state index in [0.717, 1.165) is 42.5 Å². The van der Waals surface area contributed by atoms with Crippen LogP contribution < -0.4 is 10.2 Å². The fourth-order valence-electron chi connectivity index (χ4n) is 5.58. The van der Waals surface area contributed by atoms with Crippen molar-refractivity contribution in [1.82, 2.24) is 9.62 Å². The number of alkyl carbamates (subject to hydrolysis) is 1. The van der Waals surface area contributed by atoms with Crippen LogP contribution in [0.2, 0.25) is 0 Å². The lowest BCUT2D eigenvalue weighted by molar-refractivity contribution is -0.116. The lowest BCUT2D eigenvalue weighted by Gasteiger charge is -2.31. The van der Waals surface area contributed by atoms with Gasteiger partial charge in [0.25, 0.3) is 0 Å². The van der Waals surface area contributed by atoms with Gasteiger partial charge in [0, 0.05) is 32.2 Å². The summed E-state index contributed by atoms with van der Waals surface area (Å²) in [5, 5.41) is 14.1. The highest BCUT2D eigenvalue weighted by Crippen LogP contribution is 2.33. The Morgan fingerprint density at radius 1 is 1.20 bits per heavy atom. The van der Waals surface area contributed by atoms with Crippen LogP contribution in [0.4, 0.5) is 10.5 Å². The summed E-state index contributed by atoms with van der Waals surface area (Å²) in [6.07, 6.45) is 4.38. The van der Waals surface area contributed by atoms with Crippen molar-refractivity contribution < 1.29 is 27.9 Å². The third-order valence-electron chi connectivity index (χ3n) is 7.69. The molecule has 0 saturated heterocycles. The first kappa shape index (κ1) is 29.8. The number of anilines is 1. The van der Waals surface area contributed by atoms with Crippen molar-refractivity contribution >= 4 is 27.7 Å². The average Bonchev–Trinajstić information content (AvgIpc) is 3.61. The number of aliphatic hydroxyl groups is 1. The summed E-state index contributed by atoms with van der Waals surface area (Å²) in [6, 6.07) is 13.5. The van der Waals surface area contributed by atoms with Crippen LogP contribution >= 0.6 is 0 Å². The number of nitrogens with one attached hydrogen (secondary N) is 1. The number of rotatable bonds is 12. The topological polar surface area (TPSA) is 116 Å². The van der Waals surface area contributed by atoms with Gasteiger partial charge in [0.1, 0.15) is 6.61 Å². The fourth-order valence-corrected chi connectivity index (χ4v) is 7.17. The van der Waals surface area contributed by atoms with Gasteiger partial charge in [0.05, 0.1) is 17.0 Å². The molecular formula is C30H39N3O6S. The third kappa shape index (κ3) is 7.30. The van der Waals surface area contributed by atoms with E-state index in [2.05, 4.69) is 11.9 Å². The molecule has 0 bridgehead atoms. The Bertz CT molecular complexity index is 1290. The summed E-state index contributed by atoms with van der Waals surface area (Å²) in [5.74, 6) is 0.117. The van der Waals surface area contributed by atoms with Crippen LogP contribution in [-0.4, -0.2) is 68.2 Å². The standard InChI is InChI=1S/C30H39N3O6S/c1-3-17-39-30(36)31-27(18-23-9-5-4-6-10-23)29(35)21-32(20-24-11-7-8-12-24)40(37,38)26-13-14-28-25(19-26)15-16-33(28)22(2)34/h3-6,9-10,13-14,19,24,27,29,35H,1,7-8,11-12,15-18,20-21H2,2H3,(H,31,36)/t27-,29+/m0/s1. The Kier molecular flexibility index (Phi) is 9.99. The highest BCUT2D eigenvalue weighted by Gasteiger charge is 2.34. The lowest BCUT2D eigenvalue weighted by atomic mass is 10.0. The molecule has 1 fully saturated rings. The minimum atomic E-state index is -3.98. The lowest BCUT2D eigenvalue weighted by Crippen LogP contribution is -2.51. The molecule has 0 radical (unpaired) electrons. The molecule has 1 aliphatic carbocycles. The first-order valence-corrected chi connectivity index (χ1v) is 15.3. The maximum Gasteiger partial charge on any atom is 0.407 e. The minimum absolute atomic E-state index is 0.0154. The van der Waals surface area contributed by atoms with Crippen LogP contribution in [0.1, 0.15) is 43.7 Å². The monoisotopic (exact) mass is 569 g/mol. The highest BCUT2D eigenvalue weighted by atomic mass is 32.2. The molecule has 1 heterocycles. The number of fused-ring (bicyclic) bond motifs is 1. The van der Waals surface area contributed by atoms with Gasteiger partial charge in [-0.25, -0.2) is 13.2 Å². The van der Waals surface area contributed by atoms with Crippen LogP contribution in [0.5, 0.6) is 0 Å². The number of carbonyl (C=O) groups is 2. The van der Waals surface area contributed by atoms with Crippen LogP contribution in [0.3, 0.4) is 0 Å². The summed E-state index contributed by atoms with van der Waals surface area (Å²) >= 11 is 0. The maximum atomic E-state index is 14.0. The molecule has 2 atom stereocenters. The zero-order chi connectivity index (χ0) is 28.7. The van der Waals surface area contributed by atoms with Crippen LogP contribution in [0, 0.1) is 5.92 Å². The molecule has 1 saturated carbocycles. The van der Waals surface area contributed by atoms with Crippen molar-refractivity contribution in [3.05, 3.63) is 72.3 Å². The molecule has 0 spiro atoms. The Morgan fingerprint density at radius 2 is 1.93 bits per heavy atom. The second kappa shape index (κ2) is 13.4. The van der Waals surface area contributed by atoms with E-state index in [4.69, 9.17) is 4.74 Å². The van der Waals surface area contributed by atoms with E-state index in [1.165, 1.54) is 23.4 Å². The number of sulfonamides is 1. The van der Waals surface area contributed by atoms with Gasteiger partial charge in [-0.3, -0.25) is 4.79 Å². The summed E-state index contributed by atoms with van der Waals surface area (Å²) in [4.78, 5) is 26.2. The molecule has 2 N–H and O–H groups in total. The van der Waals surface area contributed by atoms with Crippen molar-refractivity contribution in [1.29, 1.82) is 0 Å². The number of ether oxygens (including phenoxy) is 1. The molecule has 0 unspecified atom stereocenters. The Labute approximate surface area is 236 Å². The molecule has 9 nitrogen and oxygen atoms in total. The van der Waals surface area contributed by atoms with E-state index >= 15 is 0 Å². The number of carbonyl (C=O) groups excluding carboxylic acids is 2. The quantitative estimate of drug-likeness (QED) is 0.377. The second-order valence-electron chi connectivity index (χ2n) is 10.6. The predicted octanol–water partition coefficient (Wildman–Crippen LogP) is 3.66. The van der Waals surface area contributed by atoms with E-state index in [1.54, 1.807) is 17.0 Å². The number of hydrogen-bond donors (Lipinski definition) is 2. The van der Waals surface area contributed by atoms with Crippen molar-refractivity contribution in [3.8, 4) is 0 Å². The second-order valence-corrected chi connectivity index (χ2v) is 12.5. The van der Waals surface area contributed by atoms with Crippen molar-refractivity contribution in [2.24, 2.45) is 5.92 Å². The molecule has 216 valence electrons. The average molecular weight is 570 g/mol. The van der Waals surface area contributed by atoms with Gasteiger partial charge in [-0.05, 0) is 60.9 Å². The van der Waals surface area contributed by atoms with E-state index in [-0.39, 0.29) is 36.4 Å². The van der Waals surface area contributed by atoms with E-state index in [9.17, 15) is 23.1 Å². The molecule has 2 aromatic carbocycles. The molecule has 4 rings (SSSR count). The SMILES string of the molecule is C=CCOC(=O)N[C@@H](Cc1ccccc1)[C@H](O)CN(CC1CCCC1)S(=O)(=O)c1ccc2c(c1)CCN2C(C)=O. The molecular weight excluding hydrogens is 530 g/mol. The molecule has 0 aromatic heterocycles. The predicted molar refractivity (Wildman–Crippen MR) is 154 cm³/mol. The summed E-state index contributed by atoms with van der Waals surface area (Å²) < 4.78 is 34.5. The van der Waals surface area contributed by atoms with Gasteiger partial charge in [0.15, 0.2) is 0 Å². The fraction of sp³-hybridized carbons (Fsp3) is 0.467. The summed E-state index contributed by atoms with van der Waals surface area (Å²) in [5.41, 5.74) is 2.43. The maximum absolute atomic E-state index is 14.0. The van der Waals surface area contributed by atoms with Crippen LogP contribution in [0.15, 0.2) is 66.1 Å². The first-order chi connectivity index (χ1) is 19.2. The molecule has 40 heavy (non-hydrogen) atoms. The third-order valence-corrected chi connectivity index (χ3v) is 9.52. The normalized spacial score (nSPS) is 16.9. The van der Waals surface area contributed by atoms with Crippen molar-refractivity contribution in [3.63, 3.8) is 0 Å². The van der Waals surface area contributed by atoms with Gasteiger partial charge < -0.3 is 20.1 Å². The molecule has 1 aliphatic heterocycles. The molecule has 2 aliphatic rings. The van der Waals surface area contributed by atoms with E-state index < -0.39 is 28.3 Å². The number of amides is 2.